The van der Waals surface area contributed by atoms with Crippen LogP contribution in [0.1, 0.15) is 10.8 Å². The van der Waals surface area contributed by atoms with Gasteiger partial charge in [0.1, 0.15) is 5.03 Å². The van der Waals surface area contributed by atoms with Crippen LogP contribution in [0.3, 0.4) is 0 Å². The third-order valence-corrected chi connectivity index (χ3v) is 6.18. The molecule has 1 aliphatic heterocycles. The lowest BCUT2D eigenvalue weighted by molar-refractivity contribution is 0.0273. The van der Waals surface area contributed by atoms with Gasteiger partial charge < -0.3 is 10.1 Å². The molecule has 0 spiro atoms. The van der Waals surface area contributed by atoms with E-state index in [0.29, 0.717) is 0 Å². The summed E-state index contributed by atoms with van der Waals surface area (Å²) in [7, 11) is 0. The Balaban J connectivity index is 1.69. The standard InChI is InChI=1S/C22H21ClN2OS/c23-18-9-4-8-17(14-18)19-10-5-11-25-22(19)27-21(16-6-2-1-3-7-16)20-15-24-12-13-26-20/h1-11,14,20-21,24H,12-13,15H2/t20?,21-/m0/s1. The van der Waals surface area contributed by atoms with Crippen molar-refractivity contribution in [3.63, 3.8) is 0 Å². The molecule has 5 heteroatoms. The van der Waals surface area contributed by atoms with E-state index in [2.05, 4.69) is 46.7 Å². The molecule has 2 atom stereocenters. The summed E-state index contributed by atoms with van der Waals surface area (Å²) in [4.78, 5) is 4.69. The molecule has 27 heavy (non-hydrogen) atoms. The van der Waals surface area contributed by atoms with Crippen molar-refractivity contribution in [2.75, 3.05) is 19.7 Å². The van der Waals surface area contributed by atoms with Gasteiger partial charge in [-0.3, -0.25) is 0 Å². The van der Waals surface area contributed by atoms with Crippen molar-refractivity contribution in [3.05, 3.63) is 83.5 Å². The van der Waals surface area contributed by atoms with Gasteiger partial charge in [-0.1, -0.05) is 71.9 Å². The third kappa shape index (κ3) is 4.53. The van der Waals surface area contributed by atoms with E-state index in [1.807, 2.05) is 36.5 Å². The van der Waals surface area contributed by atoms with Crippen LogP contribution in [0.15, 0.2) is 78.0 Å². The highest BCUT2D eigenvalue weighted by atomic mass is 35.5. The van der Waals surface area contributed by atoms with Crippen LogP contribution in [0, 0.1) is 0 Å². The van der Waals surface area contributed by atoms with E-state index < -0.39 is 0 Å². The fourth-order valence-corrected chi connectivity index (χ4v) is 4.75. The number of nitrogens with one attached hydrogen (secondary N) is 1. The van der Waals surface area contributed by atoms with Gasteiger partial charge >= 0.3 is 0 Å². The van der Waals surface area contributed by atoms with Crippen LogP contribution in [-0.2, 0) is 4.74 Å². The van der Waals surface area contributed by atoms with Gasteiger partial charge in [-0.25, -0.2) is 4.98 Å². The molecule has 1 fully saturated rings. The minimum Gasteiger partial charge on any atom is -0.374 e. The van der Waals surface area contributed by atoms with Gasteiger partial charge in [0.15, 0.2) is 0 Å². The second-order valence-corrected chi connectivity index (χ2v) is 8.00. The molecule has 0 bridgehead atoms. The second-order valence-electron chi connectivity index (χ2n) is 6.43. The van der Waals surface area contributed by atoms with Crippen molar-refractivity contribution in [2.24, 2.45) is 0 Å². The summed E-state index contributed by atoms with van der Waals surface area (Å²) in [6.07, 6.45) is 1.94. The van der Waals surface area contributed by atoms with E-state index in [9.17, 15) is 0 Å². The third-order valence-electron chi connectivity index (χ3n) is 4.57. The van der Waals surface area contributed by atoms with Gasteiger partial charge in [0.05, 0.1) is 18.0 Å². The fraction of sp³-hybridized carbons (Fsp3) is 0.227. The maximum absolute atomic E-state index is 6.21. The number of morpholine rings is 1. The first kappa shape index (κ1) is 18.5. The zero-order chi connectivity index (χ0) is 18.5. The number of aromatic nitrogens is 1. The summed E-state index contributed by atoms with van der Waals surface area (Å²) in [5, 5.41) is 5.32. The van der Waals surface area contributed by atoms with Gasteiger partial charge in [0.2, 0.25) is 0 Å². The molecule has 2 heterocycles. The minimum atomic E-state index is 0.0976. The molecule has 1 aromatic heterocycles. The van der Waals surface area contributed by atoms with Crippen molar-refractivity contribution in [3.8, 4) is 11.1 Å². The van der Waals surface area contributed by atoms with E-state index in [1.54, 1.807) is 11.8 Å². The quantitative estimate of drug-likeness (QED) is 0.599. The van der Waals surface area contributed by atoms with E-state index in [4.69, 9.17) is 16.3 Å². The summed E-state index contributed by atoms with van der Waals surface area (Å²) < 4.78 is 6.10. The molecule has 4 rings (SSSR count). The van der Waals surface area contributed by atoms with Crippen molar-refractivity contribution in [1.82, 2.24) is 10.3 Å². The van der Waals surface area contributed by atoms with Crippen LogP contribution in [-0.4, -0.2) is 30.8 Å². The predicted octanol–water partition coefficient (Wildman–Crippen LogP) is 5.22. The van der Waals surface area contributed by atoms with Crippen LogP contribution in [0.2, 0.25) is 5.02 Å². The van der Waals surface area contributed by atoms with Gasteiger partial charge in [-0.2, -0.15) is 0 Å². The SMILES string of the molecule is Clc1cccc(-c2cccnc2S[C@@H](c2ccccc2)C2CNCCO2)c1. The summed E-state index contributed by atoms with van der Waals surface area (Å²) in [6.45, 7) is 2.48. The highest BCUT2D eigenvalue weighted by Gasteiger charge is 2.28. The molecule has 3 aromatic rings. The minimum absolute atomic E-state index is 0.0976. The molecule has 0 aliphatic carbocycles. The van der Waals surface area contributed by atoms with Crippen LogP contribution >= 0.6 is 23.4 Å². The molecule has 0 saturated carbocycles. The molecule has 2 aromatic carbocycles. The molecular formula is C22H21ClN2OS. The lowest BCUT2D eigenvalue weighted by Gasteiger charge is -2.31. The van der Waals surface area contributed by atoms with Gasteiger partial charge in [0, 0.05) is 29.9 Å². The van der Waals surface area contributed by atoms with Gasteiger partial charge in [-0.05, 0) is 29.3 Å². The molecule has 0 amide bonds. The van der Waals surface area contributed by atoms with Crippen LogP contribution < -0.4 is 5.32 Å². The molecule has 1 saturated heterocycles. The molecule has 1 aliphatic rings. The zero-order valence-electron chi connectivity index (χ0n) is 14.8. The number of nitrogens with zero attached hydrogens (tertiary/aromatic N) is 1. The highest BCUT2D eigenvalue weighted by Crippen LogP contribution is 2.42. The smallest absolute Gasteiger partial charge is 0.104 e. The monoisotopic (exact) mass is 396 g/mol. The summed E-state index contributed by atoms with van der Waals surface area (Å²) in [5.74, 6) is 0. The van der Waals surface area contributed by atoms with Gasteiger partial charge in [-0.15, -0.1) is 0 Å². The van der Waals surface area contributed by atoms with E-state index in [0.717, 1.165) is 40.9 Å². The first-order chi connectivity index (χ1) is 13.3. The Morgan fingerprint density at radius 2 is 1.96 bits per heavy atom. The summed E-state index contributed by atoms with van der Waals surface area (Å²) in [6, 6.07) is 22.5. The summed E-state index contributed by atoms with van der Waals surface area (Å²) in [5.41, 5.74) is 3.42. The van der Waals surface area contributed by atoms with Gasteiger partial charge in [0.25, 0.3) is 0 Å². The van der Waals surface area contributed by atoms with Crippen LogP contribution in [0.4, 0.5) is 0 Å². The molecule has 3 nitrogen and oxygen atoms in total. The van der Waals surface area contributed by atoms with Crippen LogP contribution in [0.5, 0.6) is 0 Å². The van der Waals surface area contributed by atoms with E-state index in [1.165, 1.54) is 5.56 Å². The van der Waals surface area contributed by atoms with Crippen molar-refractivity contribution in [2.45, 2.75) is 16.4 Å². The highest BCUT2D eigenvalue weighted by molar-refractivity contribution is 7.99. The number of hydrogen-bond donors (Lipinski definition) is 1. The molecule has 0 radical (unpaired) electrons. The maximum Gasteiger partial charge on any atom is 0.104 e. The first-order valence-corrected chi connectivity index (χ1v) is 10.3. The average Bonchev–Trinajstić information content (AvgIpc) is 2.73. The normalized spacial score (nSPS) is 18.2. The number of benzene rings is 2. The topological polar surface area (TPSA) is 34.2 Å². The number of hydrogen-bond acceptors (Lipinski definition) is 4. The number of rotatable bonds is 5. The maximum atomic E-state index is 6.21. The Bertz CT molecular complexity index is 884. The Morgan fingerprint density at radius 1 is 1.07 bits per heavy atom. The average molecular weight is 397 g/mol. The number of halogens is 1. The molecule has 1 unspecified atom stereocenters. The van der Waals surface area contributed by atoms with Crippen LogP contribution in [0.25, 0.3) is 11.1 Å². The van der Waals surface area contributed by atoms with Crippen molar-refractivity contribution < 1.29 is 4.74 Å². The Morgan fingerprint density at radius 3 is 2.74 bits per heavy atom. The second kappa shape index (κ2) is 8.89. The lowest BCUT2D eigenvalue weighted by atomic mass is 10.1. The van der Waals surface area contributed by atoms with E-state index in [-0.39, 0.29) is 11.4 Å². The molecule has 1 N–H and O–H groups in total. The molecule has 138 valence electrons. The number of pyridine rings is 1. The Hall–Kier alpha value is -1.85. The fourth-order valence-electron chi connectivity index (χ4n) is 3.26. The van der Waals surface area contributed by atoms with Crippen molar-refractivity contribution in [1.29, 1.82) is 0 Å². The molecular weight excluding hydrogens is 376 g/mol. The van der Waals surface area contributed by atoms with E-state index >= 15 is 0 Å². The Kier molecular flexibility index (Phi) is 6.10. The number of thioether (sulfide) groups is 1. The van der Waals surface area contributed by atoms with Crippen molar-refractivity contribution >= 4 is 23.4 Å². The largest absolute Gasteiger partial charge is 0.374 e. The number of ether oxygens (including phenoxy) is 1. The predicted molar refractivity (Wildman–Crippen MR) is 112 cm³/mol. The summed E-state index contributed by atoms with van der Waals surface area (Å²) >= 11 is 7.97. The first-order valence-electron chi connectivity index (χ1n) is 9.06. The lowest BCUT2D eigenvalue weighted by Crippen LogP contribution is -2.41. The zero-order valence-corrected chi connectivity index (χ0v) is 16.4. The Labute approximate surface area is 169 Å².